The summed E-state index contributed by atoms with van der Waals surface area (Å²) in [6, 6.07) is 7.97. The minimum absolute atomic E-state index is 0.425. The molecule has 0 atom stereocenters. The summed E-state index contributed by atoms with van der Waals surface area (Å²) in [5, 5.41) is 2.18. The average molecular weight is 222 g/mol. The molecule has 0 aliphatic carbocycles. The number of hydrogen-bond donors (Lipinski definition) is 1. The van der Waals surface area contributed by atoms with Crippen molar-refractivity contribution in [1.29, 1.82) is 0 Å². The maximum absolute atomic E-state index is 5.65. The number of benzene rings is 1. The van der Waals surface area contributed by atoms with Crippen LogP contribution in [0.5, 0.6) is 0 Å². The van der Waals surface area contributed by atoms with Gasteiger partial charge in [-0.3, -0.25) is 9.97 Å². The second-order valence-corrected chi connectivity index (χ2v) is 3.73. The third-order valence-corrected chi connectivity index (χ3v) is 2.61. The highest BCUT2D eigenvalue weighted by atomic mass is 14.9. The fourth-order valence-electron chi connectivity index (χ4n) is 1.86. The van der Waals surface area contributed by atoms with Crippen LogP contribution in [0.2, 0.25) is 0 Å². The molecule has 1 aromatic carbocycles. The maximum atomic E-state index is 5.65. The Bertz CT molecular complexity index is 674. The van der Waals surface area contributed by atoms with Crippen LogP contribution in [0.15, 0.2) is 49.1 Å². The number of rotatable bonds is 1. The van der Waals surface area contributed by atoms with Crippen LogP contribution in [-0.2, 0) is 0 Å². The number of nitrogens with zero attached hydrogens (tertiary/aromatic N) is 3. The van der Waals surface area contributed by atoms with E-state index in [2.05, 4.69) is 15.0 Å². The van der Waals surface area contributed by atoms with E-state index in [9.17, 15) is 0 Å². The monoisotopic (exact) mass is 222 g/mol. The first-order valence-electron chi connectivity index (χ1n) is 5.25. The fraction of sp³-hybridized carbons (Fsp3) is 0. The Labute approximate surface area is 98.2 Å². The van der Waals surface area contributed by atoms with E-state index >= 15 is 0 Å². The molecule has 0 radical (unpaired) electrons. The maximum Gasteiger partial charge on any atom is 0.142 e. The van der Waals surface area contributed by atoms with Crippen LogP contribution in [0, 0.1) is 0 Å². The standard InChI is InChI=1S/C13H10N4/c14-13-8-16-7-12(17-13)11-3-1-2-9-6-15-5-4-10(9)11/h1-8H,(H2,14,17). The van der Waals surface area contributed by atoms with Crippen molar-refractivity contribution in [1.82, 2.24) is 15.0 Å². The molecule has 82 valence electrons. The summed E-state index contributed by atoms with van der Waals surface area (Å²) in [4.78, 5) is 12.5. The van der Waals surface area contributed by atoms with Gasteiger partial charge in [0.25, 0.3) is 0 Å². The molecule has 2 N–H and O–H groups in total. The van der Waals surface area contributed by atoms with Crippen molar-refractivity contribution in [2.45, 2.75) is 0 Å². The van der Waals surface area contributed by atoms with Crippen LogP contribution in [0.25, 0.3) is 22.0 Å². The zero-order valence-corrected chi connectivity index (χ0v) is 9.04. The van der Waals surface area contributed by atoms with Crippen molar-refractivity contribution >= 4 is 16.6 Å². The van der Waals surface area contributed by atoms with Gasteiger partial charge in [-0.2, -0.15) is 0 Å². The highest BCUT2D eigenvalue weighted by Gasteiger charge is 2.05. The number of hydrogen-bond acceptors (Lipinski definition) is 4. The first kappa shape index (κ1) is 9.72. The highest BCUT2D eigenvalue weighted by Crippen LogP contribution is 2.26. The zero-order chi connectivity index (χ0) is 11.7. The lowest BCUT2D eigenvalue weighted by Crippen LogP contribution is -1.94. The summed E-state index contributed by atoms with van der Waals surface area (Å²) >= 11 is 0. The molecular weight excluding hydrogens is 212 g/mol. The van der Waals surface area contributed by atoms with Crippen molar-refractivity contribution in [3.63, 3.8) is 0 Å². The van der Waals surface area contributed by atoms with E-state index in [0.717, 1.165) is 22.0 Å². The Morgan fingerprint density at radius 3 is 2.76 bits per heavy atom. The van der Waals surface area contributed by atoms with Crippen LogP contribution in [0.1, 0.15) is 0 Å². The van der Waals surface area contributed by atoms with Crippen LogP contribution < -0.4 is 5.73 Å². The average Bonchev–Trinajstić information content (AvgIpc) is 2.38. The van der Waals surface area contributed by atoms with E-state index in [1.807, 2.05) is 30.5 Å². The molecular formula is C13H10N4. The van der Waals surface area contributed by atoms with Crippen molar-refractivity contribution in [3.05, 3.63) is 49.1 Å². The fourth-order valence-corrected chi connectivity index (χ4v) is 1.86. The van der Waals surface area contributed by atoms with Gasteiger partial charge in [-0.15, -0.1) is 0 Å². The second-order valence-electron chi connectivity index (χ2n) is 3.73. The number of aromatic nitrogens is 3. The zero-order valence-electron chi connectivity index (χ0n) is 9.04. The Balaban J connectivity index is 2.30. The van der Waals surface area contributed by atoms with E-state index < -0.39 is 0 Å². The molecule has 3 aromatic rings. The minimum Gasteiger partial charge on any atom is -0.382 e. The number of anilines is 1. The molecule has 4 heteroatoms. The van der Waals surface area contributed by atoms with Gasteiger partial charge < -0.3 is 5.73 Å². The van der Waals surface area contributed by atoms with Gasteiger partial charge in [0.15, 0.2) is 0 Å². The summed E-state index contributed by atoms with van der Waals surface area (Å²) in [5.41, 5.74) is 7.45. The van der Waals surface area contributed by atoms with Gasteiger partial charge in [-0.25, -0.2) is 4.98 Å². The van der Waals surface area contributed by atoms with Crippen LogP contribution in [0.3, 0.4) is 0 Å². The number of pyridine rings is 1. The van der Waals surface area contributed by atoms with E-state index in [1.54, 1.807) is 12.4 Å². The molecule has 17 heavy (non-hydrogen) atoms. The summed E-state index contributed by atoms with van der Waals surface area (Å²) in [7, 11) is 0. The summed E-state index contributed by atoms with van der Waals surface area (Å²) in [6.45, 7) is 0. The van der Waals surface area contributed by atoms with Gasteiger partial charge in [-0.1, -0.05) is 18.2 Å². The topological polar surface area (TPSA) is 64.7 Å². The minimum atomic E-state index is 0.425. The largest absolute Gasteiger partial charge is 0.382 e. The van der Waals surface area contributed by atoms with Gasteiger partial charge in [-0.05, 0) is 11.5 Å². The van der Waals surface area contributed by atoms with Gasteiger partial charge in [0.05, 0.1) is 18.1 Å². The van der Waals surface area contributed by atoms with Crippen LogP contribution in [0.4, 0.5) is 5.82 Å². The molecule has 0 saturated heterocycles. The lowest BCUT2D eigenvalue weighted by molar-refractivity contribution is 1.22. The first-order chi connectivity index (χ1) is 8.34. The first-order valence-corrected chi connectivity index (χ1v) is 5.25. The summed E-state index contributed by atoms with van der Waals surface area (Å²) in [5.74, 6) is 0.425. The molecule has 2 aromatic heterocycles. The molecule has 0 aliphatic heterocycles. The van der Waals surface area contributed by atoms with Crippen molar-refractivity contribution < 1.29 is 0 Å². The molecule has 0 saturated carbocycles. The Hall–Kier alpha value is -2.49. The van der Waals surface area contributed by atoms with Crippen molar-refractivity contribution in [3.8, 4) is 11.3 Å². The molecule has 3 rings (SSSR count). The lowest BCUT2D eigenvalue weighted by Gasteiger charge is -2.05. The van der Waals surface area contributed by atoms with Crippen molar-refractivity contribution in [2.75, 3.05) is 5.73 Å². The Morgan fingerprint density at radius 2 is 1.88 bits per heavy atom. The van der Waals surface area contributed by atoms with Gasteiger partial charge in [0.1, 0.15) is 5.82 Å². The highest BCUT2D eigenvalue weighted by molar-refractivity contribution is 5.95. The van der Waals surface area contributed by atoms with Gasteiger partial charge in [0, 0.05) is 23.3 Å². The molecule has 0 aliphatic rings. The molecule has 0 bridgehead atoms. The summed E-state index contributed by atoms with van der Waals surface area (Å²) < 4.78 is 0. The molecule has 0 fully saturated rings. The lowest BCUT2D eigenvalue weighted by atomic mass is 10.0. The normalized spacial score (nSPS) is 10.6. The molecule has 0 unspecified atom stereocenters. The number of fused-ring (bicyclic) bond motifs is 1. The molecule has 0 amide bonds. The van der Waals surface area contributed by atoms with E-state index in [1.165, 1.54) is 6.20 Å². The predicted molar refractivity (Wildman–Crippen MR) is 67.2 cm³/mol. The predicted octanol–water partition coefficient (Wildman–Crippen LogP) is 2.27. The number of nitrogen functional groups attached to an aromatic ring is 1. The van der Waals surface area contributed by atoms with E-state index in [4.69, 9.17) is 5.73 Å². The molecule has 0 spiro atoms. The Kier molecular flexibility index (Phi) is 2.19. The van der Waals surface area contributed by atoms with Crippen LogP contribution in [-0.4, -0.2) is 15.0 Å². The van der Waals surface area contributed by atoms with Crippen molar-refractivity contribution in [2.24, 2.45) is 0 Å². The smallest absolute Gasteiger partial charge is 0.142 e. The van der Waals surface area contributed by atoms with Crippen LogP contribution >= 0.6 is 0 Å². The Morgan fingerprint density at radius 1 is 0.941 bits per heavy atom. The number of nitrogens with two attached hydrogens (primary N) is 1. The molecule has 2 heterocycles. The van der Waals surface area contributed by atoms with Gasteiger partial charge >= 0.3 is 0 Å². The van der Waals surface area contributed by atoms with E-state index in [-0.39, 0.29) is 0 Å². The molecule has 4 nitrogen and oxygen atoms in total. The van der Waals surface area contributed by atoms with E-state index in [0.29, 0.717) is 5.82 Å². The quantitative estimate of drug-likeness (QED) is 0.686. The SMILES string of the molecule is Nc1cncc(-c2cccc3cnccc23)n1. The third-order valence-electron chi connectivity index (χ3n) is 2.61. The third kappa shape index (κ3) is 1.69. The van der Waals surface area contributed by atoms with Gasteiger partial charge in [0.2, 0.25) is 0 Å². The summed E-state index contributed by atoms with van der Waals surface area (Å²) in [6.07, 6.45) is 6.85. The second kappa shape index (κ2) is 3.83.